The van der Waals surface area contributed by atoms with Crippen LogP contribution in [-0.4, -0.2) is 33.3 Å². The molecule has 7 nitrogen and oxygen atoms in total. The fourth-order valence-corrected chi connectivity index (χ4v) is 3.16. The molecule has 0 saturated carbocycles. The van der Waals surface area contributed by atoms with Crippen molar-refractivity contribution in [3.63, 3.8) is 0 Å². The number of hydrogen-bond acceptors (Lipinski definition) is 7. The van der Waals surface area contributed by atoms with Crippen molar-refractivity contribution in [2.24, 2.45) is 0 Å². The fraction of sp³-hybridized carbons (Fsp3) is 0.100. The number of thioether (sulfide) groups is 1. The number of ether oxygens (including phenoxy) is 1. The summed E-state index contributed by atoms with van der Waals surface area (Å²) >= 11 is 1.63. The Morgan fingerprint density at radius 1 is 1.11 bits per heavy atom. The van der Waals surface area contributed by atoms with Crippen LogP contribution >= 0.6 is 11.8 Å². The third-order valence-corrected chi connectivity index (χ3v) is 4.83. The zero-order valence-corrected chi connectivity index (χ0v) is 16.0. The second-order valence-corrected chi connectivity index (χ2v) is 6.68. The lowest BCUT2D eigenvalue weighted by molar-refractivity contribution is 0.413. The second kappa shape index (κ2) is 7.69. The summed E-state index contributed by atoms with van der Waals surface area (Å²) in [5.74, 6) is 0.997. The maximum absolute atomic E-state index is 12.4. The molecule has 0 unspecified atom stereocenters. The standard InChI is InChI=1S/C20H16N4O3S/c1-26-17-9-4-3-8-15(17)19-21-20(27-23-19)18-16(25)10-11-24(22-18)13-6-5-7-14(12-13)28-2/h3-12H,1-2H3. The Morgan fingerprint density at radius 3 is 2.79 bits per heavy atom. The summed E-state index contributed by atoms with van der Waals surface area (Å²) in [4.78, 5) is 17.8. The van der Waals surface area contributed by atoms with Gasteiger partial charge in [-0.15, -0.1) is 11.8 Å². The first-order valence-electron chi connectivity index (χ1n) is 8.41. The summed E-state index contributed by atoms with van der Waals surface area (Å²) in [5.41, 5.74) is 1.29. The third-order valence-electron chi connectivity index (χ3n) is 4.10. The average molecular weight is 392 g/mol. The molecule has 2 heterocycles. The van der Waals surface area contributed by atoms with E-state index in [0.717, 1.165) is 10.6 Å². The highest BCUT2D eigenvalue weighted by atomic mass is 32.2. The van der Waals surface area contributed by atoms with Crippen LogP contribution in [0.2, 0.25) is 0 Å². The van der Waals surface area contributed by atoms with Gasteiger partial charge < -0.3 is 9.26 Å². The van der Waals surface area contributed by atoms with Crippen molar-refractivity contribution in [2.75, 3.05) is 13.4 Å². The molecule has 0 radical (unpaired) electrons. The number of aromatic nitrogens is 4. The molecule has 28 heavy (non-hydrogen) atoms. The topological polar surface area (TPSA) is 83.0 Å². The van der Waals surface area contributed by atoms with E-state index in [4.69, 9.17) is 9.26 Å². The number of benzene rings is 2. The minimum absolute atomic E-state index is 0.0567. The van der Waals surface area contributed by atoms with Crippen molar-refractivity contribution in [3.8, 4) is 34.4 Å². The Morgan fingerprint density at radius 2 is 1.96 bits per heavy atom. The molecule has 0 amide bonds. The van der Waals surface area contributed by atoms with E-state index in [-0.39, 0.29) is 17.0 Å². The molecule has 8 heteroatoms. The monoisotopic (exact) mass is 392 g/mol. The highest BCUT2D eigenvalue weighted by Gasteiger charge is 2.18. The maximum atomic E-state index is 12.4. The van der Waals surface area contributed by atoms with Crippen LogP contribution in [0, 0.1) is 0 Å². The molecule has 0 aliphatic carbocycles. The van der Waals surface area contributed by atoms with Crippen molar-refractivity contribution < 1.29 is 9.26 Å². The Bertz CT molecular complexity index is 1190. The molecular weight excluding hydrogens is 376 g/mol. The van der Waals surface area contributed by atoms with Gasteiger partial charge in [0.15, 0.2) is 5.69 Å². The van der Waals surface area contributed by atoms with Gasteiger partial charge in [0.2, 0.25) is 11.3 Å². The molecule has 4 aromatic rings. The summed E-state index contributed by atoms with van der Waals surface area (Å²) in [6, 6.07) is 16.6. The number of methoxy groups -OCH3 is 1. The van der Waals surface area contributed by atoms with Crippen molar-refractivity contribution in [1.29, 1.82) is 0 Å². The molecule has 0 saturated heterocycles. The number of nitrogens with zero attached hydrogens (tertiary/aromatic N) is 4. The van der Waals surface area contributed by atoms with Gasteiger partial charge in [0, 0.05) is 17.2 Å². The Kier molecular flexibility index (Phi) is 4.94. The lowest BCUT2D eigenvalue weighted by Crippen LogP contribution is -2.12. The zero-order valence-electron chi connectivity index (χ0n) is 15.2. The first kappa shape index (κ1) is 18.0. The van der Waals surface area contributed by atoms with E-state index in [2.05, 4.69) is 15.2 Å². The lowest BCUT2D eigenvalue weighted by Gasteiger charge is -2.07. The molecule has 140 valence electrons. The first-order chi connectivity index (χ1) is 13.7. The molecule has 4 rings (SSSR count). The maximum Gasteiger partial charge on any atom is 0.282 e. The third kappa shape index (κ3) is 3.41. The molecule has 0 aliphatic heterocycles. The molecular formula is C20H16N4O3S. The second-order valence-electron chi connectivity index (χ2n) is 5.80. The number of rotatable bonds is 5. The van der Waals surface area contributed by atoms with E-state index in [1.807, 2.05) is 48.7 Å². The largest absolute Gasteiger partial charge is 0.496 e. The molecule has 0 bridgehead atoms. The molecule has 0 aliphatic rings. The summed E-state index contributed by atoms with van der Waals surface area (Å²) in [5, 5.41) is 8.39. The predicted octanol–water partition coefficient (Wildman–Crippen LogP) is 3.68. The van der Waals surface area contributed by atoms with E-state index in [9.17, 15) is 4.79 Å². The number of para-hydroxylation sites is 1. The van der Waals surface area contributed by atoms with E-state index < -0.39 is 0 Å². The lowest BCUT2D eigenvalue weighted by atomic mass is 10.2. The van der Waals surface area contributed by atoms with Gasteiger partial charge in [-0.25, -0.2) is 4.68 Å². The van der Waals surface area contributed by atoms with Crippen LogP contribution in [0.3, 0.4) is 0 Å². The summed E-state index contributed by atoms with van der Waals surface area (Å²) in [7, 11) is 1.57. The Balaban J connectivity index is 1.76. The quantitative estimate of drug-likeness (QED) is 0.479. The van der Waals surface area contributed by atoms with Gasteiger partial charge in [-0.3, -0.25) is 4.79 Å². The van der Waals surface area contributed by atoms with Gasteiger partial charge in [-0.1, -0.05) is 23.4 Å². The van der Waals surface area contributed by atoms with Crippen LogP contribution in [-0.2, 0) is 0 Å². The predicted molar refractivity (Wildman–Crippen MR) is 107 cm³/mol. The van der Waals surface area contributed by atoms with Crippen LogP contribution in [0.1, 0.15) is 0 Å². The molecule has 2 aromatic heterocycles. The van der Waals surface area contributed by atoms with Crippen LogP contribution in [0.25, 0.3) is 28.7 Å². The van der Waals surface area contributed by atoms with E-state index in [1.54, 1.807) is 35.8 Å². The van der Waals surface area contributed by atoms with Gasteiger partial charge >= 0.3 is 0 Å². The van der Waals surface area contributed by atoms with Crippen molar-refractivity contribution in [3.05, 3.63) is 71.0 Å². The molecule has 2 aromatic carbocycles. The SMILES string of the molecule is COc1ccccc1-c1noc(-c2nn(-c3cccc(SC)c3)ccc2=O)n1. The van der Waals surface area contributed by atoms with Gasteiger partial charge in [-0.05, 0) is 36.6 Å². The van der Waals surface area contributed by atoms with Crippen molar-refractivity contribution in [1.82, 2.24) is 19.9 Å². The van der Waals surface area contributed by atoms with Gasteiger partial charge in [-0.2, -0.15) is 10.1 Å². The van der Waals surface area contributed by atoms with E-state index >= 15 is 0 Å². The normalized spacial score (nSPS) is 10.8. The minimum atomic E-state index is -0.299. The van der Waals surface area contributed by atoms with Crippen LogP contribution in [0.5, 0.6) is 5.75 Å². The molecule has 0 spiro atoms. The van der Waals surface area contributed by atoms with Crippen molar-refractivity contribution in [2.45, 2.75) is 4.90 Å². The highest BCUT2D eigenvalue weighted by Crippen LogP contribution is 2.28. The summed E-state index contributed by atoms with van der Waals surface area (Å²) in [6.45, 7) is 0. The molecule has 0 N–H and O–H groups in total. The highest BCUT2D eigenvalue weighted by molar-refractivity contribution is 7.98. The Hall–Kier alpha value is -3.39. The van der Waals surface area contributed by atoms with E-state index in [0.29, 0.717) is 17.1 Å². The number of hydrogen-bond donors (Lipinski definition) is 0. The van der Waals surface area contributed by atoms with Gasteiger partial charge in [0.25, 0.3) is 5.89 Å². The average Bonchev–Trinajstić information content (AvgIpc) is 3.24. The van der Waals surface area contributed by atoms with Gasteiger partial charge in [0.1, 0.15) is 5.75 Å². The zero-order chi connectivity index (χ0) is 19.5. The van der Waals surface area contributed by atoms with Crippen LogP contribution < -0.4 is 10.2 Å². The minimum Gasteiger partial charge on any atom is -0.496 e. The fourth-order valence-electron chi connectivity index (χ4n) is 2.71. The Labute approximate surface area is 165 Å². The van der Waals surface area contributed by atoms with Gasteiger partial charge in [0.05, 0.1) is 18.4 Å². The molecule has 0 fully saturated rings. The summed E-state index contributed by atoms with van der Waals surface area (Å²) < 4.78 is 12.3. The smallest absolute Gasteiger partial charge is 0.282 e. The molecule has 0 atom stereocenters. The van der Waals surface area contributed by atoms with Crippen molar-refractivity contribution >= 4 is 11.8 Å². The van der Waals surface area contributed by atoms with Crippen LogP contribution in [0.15, 0.2) is 75.0 Å². The van der Waals surface area contributed by atoms with E-state index in [1.165, 1.54) is 6.07 Å². The van der Waals surface area contributed by atoms with Crippen LogP contribution in [0.4, 0.5) is 0 Å². The first-order valence-corrected chi connectivity index (χ1v) is 9.64. The summed E-state index contributed by atoms with van der Waals surface area (Å²) in [6.07, 6.45) is 3.62.